The number of nitrogens with zero attached hydrogens (tertiary/aromatic N) is 2. The van der Waals surface area contributed by atoms with Gasteiger partial charge >= 0.3 is 0 Å². The molecule has 0 saturated heterocycles. The molecule has 76 valence electrons. The molecular formula is C10H6Br2N2S. The predicted octanol–water partition coefficient (Wildman–Crippen LogP) is 4.15. The van der Waals surface area contributed by atoms with Crippen molar-refractivity contribution in [2.24, 2.45) is 0 Å². The van der Waals surface area contributed by atoms with Gasteiger partial charge in [-0.15, -0.1) is 0 Å². The highest BCUT2D eigenvalue weighted by molar-refractivity contribution is 9.10. The van der Waals surface area contributed by atoms with Crippen molar-refractivity contribution < 1.29 is 0 Å². The summed E-state index contributed by atoms with van der Waals surface area (Å²) < 4.78 is 1.87. The van der Waals surface area contributed by atoms with E-state index in [1.165, 1.54) is 0 Å². The summed E-state index contributed by atoms with van der Waals surface area (Å²) in [4.78, 5) is 9.30. The van der Waals surface area contributed by atoms with Gasteiger partial charge in [0.15, 0.2) is 0 Å². The van der Waals surface area contributed by atoms with Crippen LogP contribution in [0.15, 0.2) is 55.7 Å². The zero-order valence-corrected chi connectivity index (χ0v) is 11.5. The molecule has 0 bridgehead atoms. The van der Waals surface area contributed by atoms with Crippen molar-refractivity contribution in [1.82, 2.24) is 9.97 Å². The zero-order chi connectivity index (χ0) is 10.7. The number of benzene rings is 1. The fourth-order valence-corrected chi connectivity index (χ4v) is 2.81. The van der Waals surface area contributed by atoms with E-state index in [2.05, 4.69) is 41.8 Å². The number of aromatic nitrogens is 2. The van der Waals surface area contributed by atoms with Crippen LogP contribution in [0.5, 0.6) is 0 Å². The number of halogens is 2. The van der Waals surface area contributed by atoms with Gasteiger partial charge in [0.1, 0.15) is 16.0 Å². The summed E-state index contributed by atoms with van der Waals surface area (Å²) in [5.41, 5.74) is 0. The van der Waals surface area contributed by atoms with Gasteiger partial charge in [-0.3, -0.25) is 0 Å². The Kier molecular flexibility index (Phi) is 3.77. The van der Waals surface area contributed by atoms with Crippen molar-refractivity contribution in [3.8, 4) is 0 Å². The van der Waals surface area contributed by atoms with Gasteiger partial charge in [-0.05, 0) is 44.0 Å². The molecule has 5 heteroatoms. The molecule has 0 amide bonds. The van der Waals surface area contributed by atoms with Crippen LogP contribution >= 0.6 is 43.6 Å². The third-order valence-electron chi connectivity index (χ3n) is 1.66. The summed E-state index contributed by atoms with van der Waals surface area (Å²) >= 11 is 8.41. The van der Waals surface area contributed by atoms with Crippen LogP contribution < -0.4 is 0 Å². The van der Waals surface area contributed by atoms with Crippen LogP contribution in [0.3, 0.4) is 0 Å². The van der Waals surface area contributed by atoms with E-state index in [1.807, 2.05) is 30.3 Å². The minimum atomic E-state index is 0.798. The Bertz CT molecular complexity index is 476. The number of hydrogen-bond donors (Lipinski definition) is 0. The van der Waals surface area contributed by atoms with Gasteiger partial charge in [-0.1, -0.05) is 23.9 Å². The second-order valence-electron chi connectivity index (χ2n) is 2.71. The molecule has 2 nitrogen and oxygen atoms in total. The molecule has 0 spiro atoms. The second-order valence-corrected chi connectivity index (χ2v) is 5.44. The van der Waals surface area contributed by atoms with Crippen molar-refractivity contribution in [3.63, 3.8) is 0 Å². The van der Waals surface area contributed by atoms with E-state index in [9.17, 15) is 0 Å². The standard InChI is InChI=1S/C10H6Br2N2S/c11-7-3-1-2-4-8(7)15-10-5-9(12)13-6-14-10/h1-6H. The molecule has 15 heavy (non-hydrogen) atoms. The van der Waals surface area contributed by atoms with Crippen LogP contribution in [0.25, 0.3) is 0 Å². The Balaban J connectivity index is 2.26. The summed E-state index contributed by atoms with van der Waals surface area (Å²) in [6.07, 6.45) is 1.54. The summed E-state index contributed by atoms with van der Waals surface area (Å²) in [7, 11) is 0. The van der Waals surface area contributed by atoms with Crippen LogP contribution in [0.4, 0.5) is 0 Å². The molecule has 0 aliphatic rings. The zero-order valence-electron chi connectivity index (χ0n) is 7.52. The summed E-state index contributed by atoms with van der Waals surface area (Å²) in [5.74, 6) is 0. The first-order valence-corrected chi connectivity index (χ1v) is 6.56. The third kappa shape index (κ3) is 3.03. The van der Waals surface area contributed by atoms with E-state index in [0.29, 0.717) is 0 Å². The summed E-state index contributed by atoms with van der Waals surface area (Å²) in [5, 5.41) is 0.920. The van der Waals surface area contributed by atoms with E-state index in [0.717, 1.165) is 19.0 Å². The fraction of sp³-hybridized carbons (Fsp3) is 0. The molecule has 1 heterocycles. The average molecular weight is 346 g/mol. The Morgan fingerprint density at radius 1 is 1.07 bits per heavy atom. The topological polar surface area (TPSA) is 25.8 Å². The highest BCUT2D eigenvalue weighted by atomic mass is 79.9. The normalized spacial score (nSPS) is 10.3. The molecule has 0 saturated carbocycles. The van der Waals surface area contributed by atoms with E-state index >= 15 is 0 Å². The van der Waals surface area contributed by atoms with Crippen LogP contribution in [-0.4, -0.2) is 9.97 Å². The second kappa shape index (κ2) is 5.09. The van der Waals surface area contributed by atoms with Gasteiger partial charge in [0.25, 0.3) is 0 Å². The van der Waals surface area contributed by atoms with Crippen molar-refractivity contribution in [2.75, 3.05) is 0 Å². The lowest BCUT2D eigenvalue weighted by atomic mass is 10.4. The molecule has 1 aromatic carbocycles. The largest absolute Gasteiger partial charge is 0.230 e. The first kappa shape index (κ1) is 11.1. The molecule has 0 radical (unpaired) electrons. The minimum Gasteiger partial charge on any atom is -0.230 e. The molecule has 0 N–H and O–H groups in total. The Labute approximate surface area is 109 Å². The van der Waals surface area contributed by atoms with Crippen molar-refractivity contribution in [3.05, 3.63) is 45.7 Å². The Morgan fingerprint density at radius 3 is 2.60 bits per heavy atom. The van der Waals surface area contributed by atoms with Gasteiger partial charge in [0, 0.05) is 15.4 Å². The summed E-state index contributed by atoms with van der Waals surface area (Å²) in [6, 6.07) is 9.95. The Hall–Kier alpha value is -0.390. The molecular weight excluding hydrogens is 340 g/mol. The molecule has 0 fully saturated rings. The maximum Gasteiger partial charge on any atom is 0.118 e. The molecule has 1 aromatic heterocycles. The maximum absolute atomic E-state index is 4.18. The van der Waals surface area contributed by atoms with Crippen molar-refractivity contribution in [2.45, 2.75) is 9.92 Å². The van der Waals surface area contributed by atoms with Gasteiger partial charge in [0.2, 0.25) is 0 Å². The van der Waals surface area contributed by atoms with Crippen molar-refractivity contribution >= 4 is 43.6 Å². The highest BCUT2D eigenvalue weighted by Crippen LogP contribution is 2.32. The first-order valence-electron chi connectivity index (χ1n) is 4.15. The van der Waals surface area contributed by atoms with Gasteiger partial charge in [-0.25, -0.2) is 9.97 Å². The molecule has 0 aliphatic heterocycles. The van der Waals surface area contributed by atoms with Gasteiger partial charge < -0.3 is 0 Å². The van der Waals surface area contributed by atoms with E-state index in [1.54, 1.807) is 18.1 Å². The maximum atomic E-state index is 4.18. The van der Waals surface area contributed by atoms with Gasteiger partial charge in [0.05, 0.1) is 0 Å². The lowest BCUT2D eigenvalue weighted by molar-refractivity contribution is 1.03. The predicted molar refractivity (Wildman–Crippen MR) is 68.0 cm³/mol. The average Bonchev–Trinajstić information content (AvgIpc) is 2.22. The van der Waals surface area contributed by atoms with Crippen LogP contribution in [0.1, 0.15) is 0 Å². The van der Waals surface area contributed by atoms with Crippen LogP contribution in [0.2, 0.25) is 0 Å². The lowest BCUT2D eigenvalue weighted by Gasteiger charge is -2.02. The molecule has 0 unspecified atom stereocenters. The molecule has 0 aliphatic carbocycles. The van der Waals surface area contributed by atoms with E-state index in [-0.39, 0.29) is 0 Å². The van der Waals surface area contributed by atoms with E-state index in [4.69, 9.17) is 0 Å². The summed E-state index contributed by atoms with van der Waals surface area (Å²) in [6.45, 7) is 0. The minimum absolute atomic E-state index is 0.798. The smallest absolute Gasteiger partial charge is 0.118 e. The quantitative estimate of drug-likeness (QED) is 0.764. The van der Waals surface area contributed by atoms with Crippen LogP contribution in [-0.2, 0) is 0 Å². The van der Waals surface area contributed by atoms with Crippen LogP contribution in [0, 0.1) is 0 Å². The Morgan fingerprint density at radius 2 is 1.87 bits per heavy atom. The number of hydrogen-bond acceptors (Lipinski definition) is 3. The molecule has 2 rings (SSSR count). The van der Waals surface area contributed by atoms with Crippen molar-refractivity contribution in [1.29, 1.82) is 0 Å². The monoisotopic (exact) mass is 344 g/mol. The third-order valence-corrected chi connectivity index (χ3v) is 4.06. The number of rotatable bonds is 2. The SMILES string of the molecule is Brc1cc(Sc2ccccc2Br)ncn1. The molecule has 0 atom stereocenters. The van der Waals surface area contributed by atoms with Gasteiger partial charge in [-0.2, -0.15) is 0 Å². The molecule has 2 aromatic rings. The highest BCUT2D eigenvalue weighted by Gasteiger charge is 2.02. The lowest BCUT2D eigenvalue weighted by Crippen LogP contribution is -1.83. The van der Waals surface area contributed by atoms with E-state index < -0.39 is 0 Å². The first-order chi connectivity index (χ1) is 7.25. The fourth-order valence-electron chi connectivity index (χ4n) is 1.01.